The van der Waals surface area contributed by atoms with Crippen molar-refractivity contribution < 1.29 is 0 Å². The molecule has 0 fully saturated rings. The van der Waals surface area contributed by atoms with E-state index in [1.165, 1.54) is 21.0 Å². The van der Waals surface area contributed by atoms with Gasteiger partial charge in [0.2, 0.25) is 0 Å². The maximum Gasteiger partial charge on any atom is 0.0526 e. The van der Waals surface area contributed by atoms with Crippen LogP contribution in [0.15, 0.2) is 52.3 Å². The first-order chi connectivity index (χ1) is 10.1. The molecule has 0 saturated heterocycles. The van der Waals surface area contributed by atoms with Crippen molar-refractivity contribution in [3.8, 4) is 0 Å². The van der Waals surface area contributed by atoms with Crippen LogP contribution < -0.4 is 4.90 Å². The van der Waals surface area contributed by atoms with Crippen molar-refractivity contribution in [1.29, 1.82) is 0 Å². The summed E-state index contributed by atoms with van der Waals surface area (Å²) in [7, 11) is 4.22. The van der Waals surface area contributed by atoms with E-state index in [1.54, 1.807) is 0 Å². The van der Waals surface area contributed by atoms with Gasteiger partial charge >= 0.3 is 0 Å². The Hall–Kier alpha value is -1.16. The molecule has 2 aromatic rings. The summed E-state index contributed by atoms with van der Waals surface area (Å²) in [5.41, 5.74) is 2.62. The highest BCUT2D eigenvalue weighted by Gasteiger charge is 2.19. The highest BCUT2D eigenvalue weighted by molar-refractivity contribution is 7.99. The second-order valence-corrected chi connectivity index (χ2v) is 7.07. The van der Waals surface area contributed by atoms with Crippen molar-refractivity contribution in [3.05, 3.63) is 53.1 Å². The van der Waals surface area contributed by atoms with E-state index in [4.69, 9.17) is 11.6 Å². The quantitative estimate of drug-likeness (QED) is 0.829. The van der Waals surface area contributed by atoms with E-state index in [1.807, 2.05) is 17.8 Å². The Bertz CT molecular complexity index is 642. The fourth-order valence-electron chi connectivity index (χ4n) is 2.49. The van der Waals surface area contributed by atoms with Crippen LogP contribution in [0.4, 0.5) is 5.69 Å². The van der Waals surface area contributed by atoms with Crippen LogP contribution in [-0.4, -0.2) is 32.1 Å². The lowest BCUT2D eigenvalue weighted by Gasteiger charge is -2.26. The van der Waals surface area contributed by atoms with Crippen LogP contribution in [0.25, 0.3) is 0 Å². The Labute approximate surface area is 135 Å². The molecule has 2 nitrogen and oxygen atoms in total. The molecule has 0 unspecified atom stereocenters. The normalized spacial score (nSPS) is 13.8. The summed E-state index contributed by atoms with van der Waals surface area (Å²) in [5, 5.41) is 0.801. The first-order valence-corrected chi connectivity index (χ1v) is 8.28. The SMILES string of the molecule is CN(C)CCN1Cc2ccccc2Sc2ccc(Cl)cc21. The number of hydrogen-bond acceptors (Lipinski definition) is 3. The summed E-state index contributed by atoms with van der Waals surface area (Å²) in [6, 6.07) is 14.8. The van der Waals surface area contributed by atoms with Crippen molar-refractivity contribution in [3.63, 3.8) is 0 Å². The van der Waals surface area contributed by atoms with E-state index < -0.39 is 0 Å². The van der Waals surface area contributed by atoms with E-state index in [0.29, 0.717) is 0 Å². The van der Waals surface area contributed by atoms with Crippen molar-refractivity contribution in [2.24, 2.45) is 0 Å². The summed E-state index contributed by atoms with van der Waals surface area (Å²) in [6.45, 7) is 2.96. The van der Waals surface area contributed by atoms with Gasteiger partial charge in [-0.05, 0) is 43.9 Å². The predicted molar refractivity (Wildman–Crippen MR) is 91.6 cm³/mol. The monoisotopic (exact) mass is 318 g/mol. The molecule has 0 spiro atoms. The maximum absolute atomic E-state index is 6.22. The van der Waals surface area contributed by atoms with E-state index in [9.17, 15) is 0 Å². The molecule has 0 N–H and O–H groups in total. The molecule has 3 rings (SSSR count). The molecule has 0 aliphatic carbocycles. The first-order valence-electron chi connectivity index (χ1n) is 7.08. The zero-order valence-electron chi connectivity index (χ0n) is 12.3. The molecule has 0 saturated carbocycles. The van der Waals surface area contributed by atoms with Crippen molar-refractivity contribution >= 4 is 29.1 Å². The number of likely N-dealkylation sites (N-methyl/N-ethyl adjacent to an activating group) is 1. The molecule has 1 heterocycles. The molecule has 1 aliphatic rings. The summed E-state index contributed by atoms with van der Waals surface area (Å²) in [6.07, 6.45) is 0. The highest BCUT2D eigenvalue weighted by Crippen LogP contribution is 2.42. The molecule has 0 atom stereocenters. The zero-order chi connectivity index (χ0) is 14.8. The lowest BCUT2D eigenvalue weighted by atomic mass is 10.2. The van der Waals surface area contributed by atoms with Crippen molar-refractivity contribution in [1.82, 2.24) is 4.90 Å². The van der Waals surface area contributed by atoms with Gasteiger partial charge in [-0.1, -0.05) is 41.6 Å². The number of halogens is 1. The van der Waals surface area contributed by atoms with E-state index in [0.717, 1.165) is 24.7 Å². The van der Waals surface area contributed by atoms with Gasteiger partial charge in [0.05, 0.1) is 5.69 Å². The number of hydrogen-bond donors (Lipinski definition) is 0. The number of anilines is 1. The fraction of sp³-hybridized carbons (Fsp3) is 0.294. The average Bonchev–Trinajstić information content (AvgIpc) is 2.61. The summed E-state index contributed by atoms with van der Waals surface area (Å²) in [5.74, 6) is 0. The van der Waals surface area contributed by atoms with Gasteiger partial charge in [-0.2, -0.15) is 0 Å². The molecule has 0 bridgehead atoms. The number of nitrogens with zero attached hydrogens (tertiary/aromatic N) is 2. The van der Waals surface area contributed by atoms with Gasteiger partial charge in [-0.25, -0.2) is 0 Å². The highest BCUT2D eigenvalue weighted by atomic mass is 35.5. The van der Waals surface area contributed by atoms with E-state index in [-0.39, 0.29) is 0 Å². The van der Waals surface area contributed by atoms with E-state index >= 15 is 0 Å². The van der Waals surface area contributed by atoms with Gasteiger partial charge in [-0.15, -0.1) is 0 Å². The molecule has 0 amide bonds. The number of benzene rings is 2. The molecule has 2 aromatic carbocycles. The third-order valence-corrected chi connectivity index (χ3v) is 5.05. The van der Waals surface area contributed by atoms with Gasteiger partial charge < -0.3 is 9.80 Å². The average molecular weight is 319 g/mol. The molecule has 4 heteroatoms. The summed E-state index contributed by atoms with van der Waals surface area (Å²) < 4.78 is 0. The van der Waals surface area contributed by atoms with E-state index in [2.05, 4.69) is 60.3 Å². The lowest BCUT2D eigenvalue weighted by molar-refractivity contribution is 0.412. The third kappa shape index (κ3) is 3.37. The predicted octanol–water partition coefficient (Wildman–Crippen LogP) is 4.37. The molecular weight excluding hydrogens is 300 g/mol. The van der Waals surface area contributed by atoms with Crippen LogP contribution in [0.5, 0.6) is 0 Å². The largest absolute Gasteiger partial charge is 0.365 e. The summed E-state index contributed by atoms with van der Waals surface area (Å²) >= 11 is 8.06. The Kier molecular flexibility index (Phi) is 4.43. The number of fused-ring (bicyclic) bond motifs is 2. The second kappa shape index (κ2) is 6.30. The zero-order valence-corrected chi connectivity index (χ0v) is 13.9. The maximum atomic E-state index is 6.22. The lowest BCUT2D eigenvalue weighted by Crippen LogP contribution is -2.31. The minimum atomic E-state index is 0.801. The molecule has 1 aliphatic heterocycles. The summed E-state index contributed by atoms with van der Waals surface area (Å²) in [4.78, 5) is 7.27. The van der Waals surface area contributed by atoms with Gasteiger partial charge in [0, 0.05) is 34.4 Å². The van der Waals surface area contributed by atoms with Gasteiger partial charge in [0.1, 0.15) is 0 Å². The molecule has 0 radical (unpaired) electrons. The van der Waals surface area contributed by atoms with Gasteiger partial charge in [0.15, 0.2) is 0 Å². The number of rotatable bonds is 3. The molecule has 110 valence electrons. The fourth-order valence-corrected chi connectivity index (χ4v) is 3.73. The van der Waals surface area contributed by atoms with Crippen LogP contribution in [-0.2, 0) is 6.54 Å². The minimum Gasteiger partial charge on any atom is -0.365 e. The van der Waals surface area contributed by atoms with Crippen molar-refractivity contribution in [2.75, 3.05) is 32.1 Å². The van der Waals surface area contributed by atoms with Crippen LogP contribution >= 0.6 is 23.4 Å². The minimum absolute atomic E-state index is 0.801. The second-order valence-electron chi connectivity index (χ2n) is 5.55. The Morgan fingerprint density at radius 2 is 1.95 bits per heavy atom. The Morgan fingerprint density at radius 1 is 1.14 bits per heavy atom. The smallest absolute Gasteiger partial charge is 0.0526 e. The molecular formula is C17H19ClN2S. The van der Waals surface area contributed by atoms with Crippen LogP contribution in [0.2, 0.25) is 5.02 Å². The topological polar surface area (TPSA) is 6.48 Å². The van der Waals surface area contributed by atoms with Crippen molar-refractivity contribution in [2.45, 2.75) is 16.3 Å². The molecule has 0 aromatic heterocycles. The standard InChI is InChI=1S/C17H19ClN2S/c1-19(2)9-10-20-12-13-5-3-4-6-16(13)21-17-8-7-14(18)11-15(17)20/h3-8,11H,9-10,12H2,1-2H3. The molecule has 21 heavy (non-hydrogen) atoms. The first kappa shape index (κ1) is 14.8. The third-order valence-electron chi connectivity index (χ3n) is 3.63. The van der Waals surface area contributed by atoms with Gasteiger partial charge in [0.25, 0.3) is 0 Å². The van der Waals surface area contributed by atoms with Crippen LogP contribution in [0.1, 0.15) is 5.56 Å². The Balaban J connectivity index is 2.00. The van der Waals surface area contributed by atoms with Crippen LogP contribution in [0, 0.1) is 0 Å². The van der Waals surface area contributed by atoms with Crippen LogP contribution in [0.3, 0.4) is 0 Å². The van der Waals surface area contributed by atoms with Gasteiger partial charge in [-0.3, -0.25) is 0 Å². The Morgan fingerprint density at radius 3 is 2.76 bits per heavy atom.